The van der Waals surface area contributed by atoms with Crippen LogP contribution in [-0.2, 0) is 9.53 Å². The number of rotatable bonds is 2. The molecular weight excluding hydrogens is 176 g/mol. The van der Waals surface area contributed by atoms with Crippen LogP contribution < -0.4 is 0 Å². The maximum atomic E-state index is 10.7. The normalized spacial score (nSPS) is 26.4. The first-order chi connectivity index (χ1) is 6.52. The van der Waals surface area contributed by atoms with Gasteiger partial charge in [0, 0.05) is 12.8 Å². The fourth-order valence-electron chi connectivity index (χ4n) is 2.21. The summed E-state index contributed by atoms with van der Waals surface area (Å²) in [5, 5.41) is 0. The van der Waals surface area contributed by atoms with Crippen LogP contribution in [0.3, 0.4) is 0 Å². The van der Waals surface area contributed by atoms with Crippen molar-refractivity contribution in [2.45, 2.75) is 40.5 Å². The van der Waals surface area contributed by atoms with E-state index < -0.39 is 0 Å². The summed E-state index contributed by atoms with van der Waals surface area (Å²) in [6.45, 7) is 8.57. The number of carbonyl (C=O) groups excluding carboxylic acids is 1. The first-order valence-corrected chi connectivity index (χ1v) is 5.32. The molecule has 14 heavy (non-hydrogen) atoms. The predicted molar refractivity (Wildman–Crippen MR) is 56.9 cm³/mol. The Bertz CT molecular complexity index is 249. The third-order valence-electron chi connectivity index (χ3n) is 3.11. The molecule has 0 aliphatic heterocycles. The van der Waals surface area contributed by atoms with E-state index in [2.05, 4.69) is 20.8 Å². The van der Waals surface area contributed by atoms with E-state index in [1.807, 2.05) is 0 Å². The van der Waals surface area contributed by atoms with Crippen molar-refractivity contribution < 1.29 is 9.53 Å². The van der Waals surface area contributed by atoms with E-state index in [4.69, 9.17) is 4.74 Å². The highest BCUT2D eigenvalue weighted by Gasteiger charge is 2.29. The Morgan fingerprint density at radius 1 is 1.43 bits per heavy atom. The van der Waals surface area contributed by atoms with Gasteiger partial charge >= 0.3 is 5.97 Å². The number of carbonyl (C=O) groups is 1. The molecule has 0 aromatic heterocycles. The Balaban J connectivity index is 2.63. The van der Waals surface area contributed by atoms with Crippen molar-refractivity contribution in [3.8, 4) is 0 Å². The first kappa shape index (κ1) is 11.3. The van der Waals surface area contributed by atoms with Crippen LogP contribution in [0.2, 0.25) is 0 Å². The van der Waals surface area contributed by atoms with Crippen LogP contribution in [0.25, 0.3) is 0 Å². The second kappa shape index (κ2) is 4.63. The summed E-state index contributed by atoms with van der Waals surface area (Å²) in [6.07, 6.45) is 2.40. The minimum atomic E-state index is -0.169. The molecule has 2 unspecified atom stereocenters. The Kier molecular flexibility index (Phi) is 3.73. The van der Waals surface area contributed by atoms with E-state index in [-0.39, 0.29) is 5.97 Å². The summed E-state index contributed by atoms with van der Waals surface area (Å²) in [7, 11) is 0. The van der Waals surface area contributed by atoms with Crippen molar-refractivity contribution in [2.24, 2.45) is 11.8 Å². The molecule has 0 aromatic rings. The number of ether oxygens (including phenoxy) is 1. The minimum Gasteiger partial charge on any atom is -0.465 e. The second-order valence-electron chi connectivity index (χ2n) is 4.45. The zero-order valence-corrected chi connectivity index (χ0v) is 9.59. The van der Waals surface area contributed by atoms with Gasteiger partial charge in [0.25, 0.3) is 0 Å². The van der Waals surface area contributed by atoms with Gasteiger partial charge in [0.15, 0.2) is 0 Å². The van der Waals surface area contributed by atoms with E-state index >= 15 is 0 Å². The summed E-state index contributed by atoms with van der Waals surface area (Å²) >= 11 is 0. The van der Waals surface area contributed by atoms with E-state index in [0.717, 1.165) is 0 Å². The number of hydrogen-bond donors (Lipinski definition) is 0. The SMILES string of the molecule is CC(=O)OCC1C(=C(C)C)CCC1C. The van der Waals surface area contributed by atoms with Crippen molar-refractivity contribution in [1.29, 1.82) is 0 Å². The molecule has 1 rings (SSSR count). The maximum absolute atomic E-state index is 10.7. The average Bonchev–Trinajstić information content (AvgIpc) is 2.43. The molecule has 1 aliphatic carbocycles. The van der Waals surface area contributed by atoms with Gasteiger partial charge in [0.2, 0.25) is 0 Å². The molecule has 0 saturated heterocycles. The molecule has 2 atom stereocenters. The first-order valence-electron chi connectivity index (χ1n) is 5.32. The maximum Gasteiger partial charge on any atom is 0.302 e. The summed E-state index contributed by atoms with van der Waals surface area (Å²) in [5.41, 5.74) is 2.89. The van der Waals surface area contributed by atoms with Gasteiger partial charge in [0.1, 0.15) is 0 Å². The van der Waals surface area contributed by atoms with E-state index in [1.54, 1.807) is 0 Å². The van der Waals surface area contributed by atoms with Crippen molar-refractivity contribution in [3.05, 3.63) is 11.1 Å². The molecule has 1 fully saturated rings. The average molecular weight is 196 g/mol. The largest absolute Gasteiger partial charge is 0.465 e. The Morgan fingerprint density at radius 2 is 2.07 bits per heavy atom. The van der Waals surface area contributed by atoms with Crippen molar-refractivity contribution in [3.63, 3.8) is 0 Å². The number of esters is 1. The Labute approximate surface area is 86.3 Å². The molecule has 0 spiro atoms. The van der Waals surface area contributed by atoms with Gasteiger partial charge in [-0.2, -0.15) is 0 Å². The van der Waals surface area contributed by atoms with Gasteiger partial charge in [-0.3, -0.25) is 4.79 Å². The van der Waals surface area contributed by atoms with Crippen LogP contribution in [0.15, 0.2) is 11.1 Å². The van der Waals surface area contributed by atoms with Crippen LogP contribution in [0.1, 0.15) is 40.5 Å². The molecule has 0 radical (unpaired) electrons. The molecule has 0 N–H and O–H groups in total. The highest BCUT2D eigenvalue weighted by Crippen LogP contribution is 2.38. The lowest BCUT2D eigenvalue weighted by Gasteiger charge is -2.17. The molecule has 0 bridgehead atoms. The Morgan fingerprint density at radius 3 is 2.57 bits per heavy atom. The fraction of sp³-hybridized carbons (Fsp3) is 0.750. The lowest BCUT2D eigenvalue weighted by atomic mass is 9.93. The van der Waals surface area contributed by atoms with E-state index in [0.29, 0.717) is 18.4 Å². The molecule has 80 valence electrons. The van der Waals surface area contributed by atoms with Crippen LogP contribution in [0, 0.1) is 11.8 Å². The zero-order valence-electron chi connectivity index (χ0n) is 9.59. The lowest BCUT2D eigenvalue weighted by Crippen LogP contribution is -2.16. The van der Waals surface area contributed by atoms with Gasteiger partial charge < -0.3 is 4.74 Å². The highest BCUT2D eigenvalue weighted by atomic mass is 16.5. The second-order valence-corrected chi connectivity index (χ2v) is 4.45. The Hall–Kier alpha value is -0.790. The van der Waals surface area contributed by atoms with Gasteiger partial charge in [0.05, 0.1) is 6.61 Å². The molecule has 0 aromatic carbocycles. The molecule has 0 amide bonds. The number of hydrogen-bond acceptors (Lipinski definition) is 2. The van der Waals surface area contributed by atoms with Gasteiger partial charge in [-0.25, -0.2) is 0 Å². The smallest absolute Gasteiger partial charge is 0.302 e. The number of allylic oxidation sites excluding steroid dienone is 1. The summed E-state index contributed by atoms with van der Waals surface area (Å²) in [5.74, 6) is 0.945. The van der Waals surface area contributed by atoms with Crippen molar-refractivity contribution >= 4 is 5.97 Å². The van der Waals surface area contributed by atoms with Gasteiger partial charge in [-0.15, -0.1) is 0 Å². The highest BCUT2D eigenvalue weighted by molar-refractivity contribution is 5.65. The molecule has 1 saturated carbocycles. The zero-order chi connectivity index (χ0) is 10.7. The minimum absolute atomic E-state index is 0.169. The predicted octanol–water partition coefficient (Wildman–Crippen LogP) is 2.93. The topological polar surface area (TPSA) is 26.3 Å². The summed E-state index contributed by atoms with van der Waals surface area (Å²) < 4.78 is 5.10. The quantitative estimate of drug-likeness (QED) is 0.501. The van der Waals surface area contributed by atoms with Gasteiger partial charge in [-0.05, 0) is 32.6 Å². The summed E-state index contributed by atoms with van der Waals surface area (Å²) in [6, 6.07) is 0. The van der Waals surface area contributed by atoms with Crippen LogP contribution in [0.5, 0.6) is 0 Å². The van der Waals surface area contributed by atoms with Crippen LogP contribution >= 0.6 is 0 Å². The van der Waals surface area contributed by atoms with E-state index in [9.17, 15) is 4.79 Å². The molecule has 2 nitrogen and oxygen atoms in total. The van der Waals surface area contributed by atoms with Crippen molar-refractivity contribution in [2.75, 3.05) is 6.61 Å². The molecule has 0 heterocycles. The van der Waals surface area contributed by atoms with Crippen LogP contribution in [-0.4, -0.2) is 12.6 Å². The molecule has 2 heteroatoms. The van der Waals surface area contributed by atoms with Crippen molar-refractivity contribution in [1.82, 2.24) is 0 Å². The lowest BCUT2D eigenvalue weighted by molar-refractivity contribution is -0.142. The van der Waals surface area contributed by atoms with Gasteiger partial charge in [-0.1, -0.05) is 18.1 Å². The van der Waals surface area contributed by atoms with E-state index in [1.165, 1.54) is 30.9 Å². The monoisotopic (exact) mass is 196 g/mol. The summed E-state index contributed by atoms with van der Waals surface area (Å²) in [4.78, 5) is 10.7. The fourth-order valence-corrected chi connectivity index (χ4v) is 2.21. The molecular formula is C12H20O2. The molecule has 1 aliphatic rings. The third-order valence-corrected chi connectivity index (χ3v) is 3.11. The third kappa shape index (κ3) is 2.60. The van der Waals surface area contributed by atoms with Crippen LogP contribution in [0.4, 0.5) is 0 Å². The standard InChI is InChI=1S/C12H20O2/c1-8(2)11-6-5-9(3)12(11)7-14-10(4)13/h9,12H,5-7H2,1-4H3.